The zero-order valence-electron chi connectivity index (χ0n) is 21.8. The average Bonchev–Trinajstić information content (AvgIpc) is 3.48. The fourth-order valence-electron chi connectivity index (χ4n) is 4.68. The third-order valence-corrected chi connectivity index (χ3v) is 7.02. The Morgan fingerprint density at radius 3 is 2.12 bits per heavy atom. The number of carbonyl (C=O) groups is 2. The van der Waals surface area contributed by atoms with E-state index in [0.717, 1.165) is 29.5 Å². The van der Waals surface area contributed by atoms with E-state index in [9.17, 15) is 14.7 Å². The summed E-state index contributed by atoms with van der Waals surface area (Å²) < 4.78 is 5.98. The number of benzene rings is 4. The molecule has 5 rings (SSSR count). The number of carbonyl (C=O) groups excluding carboxylic acids is 1. The van der Waals surface area contributed by atoms with Gasteiger partial charge in [0, 0.05) is 23.7 Å². The van der Waals surface area contributed by atoms with E-state index in [1.165, 1.54) is 5.56 Å². The molecule has 4 aromatic carbocycles. The smallest absolute Gasteiger partial charge is 0.336 e. The summed E-state index contributed by atoms with van der Waals surface area (Å²) in [7, 11) is 0. The molecular formula is C34H28ClNO4. The SMILES string of the molecule is O=C(O)c1ccccc1-c1ccc(CN(CCCc2ccccc2)C(=O)c2ccc(-c3ccc(Cl)cc3)o2)cc1. The van der Waals surface area contributed by atoms with Crippen LogP contribution in [0, 0.1) is 0 Å². The third kappa shape index (κ3) is 6.50. The number of furan rings is 1. The monoisotopic (exact) mass is 549 g/mol. The van der Waals surface area contributed by atoms with E-state index in [1.54, 1.807) is 47.4 Å². The molecule has 1 aromatic heterocycles. The molecule has 0 spiro atoms. The third-order valence-electron chi connectivity index (χ3n) is 6.76. The summed E-state index contributed by atoms with van der Waals surface area (Å²) in [5.41, 5.74) is 4.72. The van der Waals surface area contributed by atoms with Crippen LogP contribution in [0.25, 0.3) is 22.5 Å². The van der Waals surface area contributed by atoms with Crippen molar-refractivity contribution in [3.8, 4) is 22.5 Å². The summed E-state index contributed by atoms with van der Waals surface area (Å²) >= 11 is 6.01. The molecule has 5 nitrogen and oxygen atoms in total. The predicted octanol–water partition coefficient (Wildman–Crippen LogP) is 8.24. The molecule has 0 saturated heterocycles. The van der Waals surface area contributed by atoms with Gasteiger partial charge in [-0.15, -0.1) is 0 Å². The van der Waals surface area contributed by atoms with Gasteiger partial charge in [0.15, 0.2) is 5.76 Å². The zero-order valence-corrected chi connectivity index (χ0v) is 22.6. The van der Waals surface area contributed by atoms with Crippen molar-refractivity contribution in [2.24, 2.45) is 0 Å². The van der Waals surface area contributed by atoms with Crippen molar-refractivity contribution in [3.63, 3.8) is 0 Å². The van der Waals surface area contributed by atoms with Gasteiger partial charge in [0.1, 0.15) is 5.76 Å². The standard InChI is InChI=1S/C34H28ClNO4/c35-28-18-16-27(17-19-28)31-20-21-32(40-31)33(37)36(22-6-9-24-7-2-1-3-8-24)23-25-12-14-26(15-13-25)29-10-4-5-11-30(29)34(38)39/h1-5,7-8,10-21H,6,9,22-23H2,(H,38,39). The van der Waals surface area contributed by atoms with Crippen LogP contribution in [0.4, 0.5) is 0 Å². The number of aromatic carboxylic acids is 1. The van der Waals surface area contributed by atoms with Crippen LogP contribution in [0.1, 0.15) is 38.5 Å². The molecule has 0 fully saturated rings. The summed E-state index contributed by atoms with van der Waals surface area (Å²) in [6.07, 6.45) is 1.65. The molecule has 0 unspecified atom stereocenters. The van der Waals surface area contributed by atoms with Gasteiger partial charge in [-0.2, -0.15) is 0 Å². The van der Waals surface area contributed by atoms with Gasteiger partial charge in [0.2, 0.25) is 0 Å². The first kappa shape index (κ1) is 27.0. The summed E-state index contributed by atoms with van der Waals surface area (Å²) in [5.74, 6) is -0.276. The van der Waals surface area contributed by atoms with E-state index in [-0.39, 0.29) is 17.2 Å². The number of carboxylic acid groups (broad SMARTS) is 1. The van der Waals surface area contributed by atoms with Gasteiger partial charge in [-0.1, -0.05) is 84.4 Å². The number of carboxylic acids is 1. The Labute approximate surface area is 238 Å². The largest absolute Gasteiger partial charge is 0.478 e. The molecule has 0 bridgehead atoms. The number of hydrogen-bond donors (Lipinski definition) is 1. The highest BCUT2D eigenvalue weighted by molar-refractivity contribution is 6.30. The molecule has 0 atom stereocenters. The lowest BCUT2D eigenvalue weighted by atomic mass is 9.98. The van der Waals surface area contributed by atoms with Crippen LogP contribution in [0.5, 0.6) is 0 Å². The number of hydrogen-bond acceptors (Lipinski definition) is 3. The molecular weight excluding hydrogens is 522 g/mol. The lowest BCUT2D eigenvalue weighted by molar-refractivity contribution is 0.0693. The molecule has 5 aromatic rings. The number of aryl methyl sites for hydroxylation is 1. The van der Waals surface area contributed by atoms with Gasteiger partial charge in [-0.25, -0.2) is 4.79 Å². The highest BCUT2D eigenvalue weighted by Gasteiger charge is 2.20. The van der Waals surface area contributed by atoms with E-state index < -0.39 is 5.97 Å². The van der Waals surface area contributed by atoms with E-state index >= 15 is 0 Å². The number of amides is 1. The first-order chi connectivity index (χ1) is 19.5. The van der Waals surface area contributed by atoms with Gasteiger partial charge in [0.05, 0.1) is 5.56 Å². The maximum atomic E-state index is 13.6. The Morgan fingerprint density at radius 2 is 1.40 bits per heavy atom. The Balaban J connectivity index is 1.35. The van der Waals surface area contributed by atoms with Crippen molar-refractivity contribution in [3.05, 3.63) is 143 Å². The first-order valence-electron chi connectivity index (χ1n) is 13.1. The van der Waals surface area contributed by atoms with Crippen LogP contribution >= 0.6 is 11.6 Å². The molecule has 0 aliphatic rings. The van der Waals surface area contributed by atoms with Gasteiger partial charge in [0.25, 0.3) is 5.91 Å². The second kappa shape index (κ2) is 12.5. The van der Waals surface area contributed by atoms with E-state index in [1.807, 2.05) is 60.7 Å². The van der Waals surface area contributed by atoms with Gasteiger partial charge >= 0.3 is 5.97 Å². The van der Waals surface area contributed by atoms with Gasteiger partial charge < -0.3 is 14.4 Å². The van der Waals surface area contributed by atoms with Crippen LogP contribution in [-0.4, -0.2) is 28.4 Å². The molecule has 40 heavy (non-hydrogen) atoms. The molecule has 200 valence electrons. The minimum atomic E-state index is -0.966. The highest BCUT2D eigenvalue weighted by atomic mass is 35.5. The van der Waals surface area contributed by atoms with Crippen molar-refractivity contribution >= 4 is 23.5 Å². The summed E-state index contributed by atoms with van der Waals surface area (Å²) in [4.78, 5) is 27.1. The predicted molar refractivity (Wildman–Crippen MR) is 157 cm³/mol. The summed E-state index contributed by atoms with van der Waals surface area (Å²) in [6.45, 7) is 0.944. The lowest BCUT2D eigenvalue weighted by Gasteiger charge is -2.22. The van der Waals surface area contributed by atoms with Crippen molar-refractivity contribution in [2.45, 2.75) is 19.4 Å². The summed E-state index contributed by atoms with van der Waals surface area (Å²) in [6, 6.07) is 35.6. The molecule has 1 amide bonds. The van der Waals surface area contributed by atoms with Crippen molar-refractivity contribution in [1.29, 1.82) is 0 Å². The van der Waals surface area contributed by atoms with Crippen LogP contribution in [0.2, 0.25) is 5.02 Å². The molecule has 1 N–H and O–H groups in total. The minimum absolute atomic E-state index is 0.187. The number of rotatable bonds is 10. The zero-order chi connectivity index (χ0) is 27.9. The number of halogens is 1. The van der Waals surface area contributed by atoms with Crippen LogP contribution < -0.4 is 0 Å². The maximum absolute atomic E-state index is 13.6. The van der Waals surface area contributed by atoms with E-state index in [2.05, 4.69) is 12.1 Å². The Kier molecular flexibility index (Phi) is 8.43. The molecule has 0 saturated carbocycles. The topological polar surface area (TPSA) is 70.8 Å². The lowest BCUT2D eigenvalue weighted by Crippen LogP contribution is -2.31. The van der Waals surface area contributed by atoms with Crippen LogP contribution in [0.15, 0.2) is 120 Å². The quantitative estimate of drug-likeness (QED) is 0.190. The Morgan fingerprint density at radius 1 is 0.725 bits per heavy atom. The average molecular weight is 550 g/mol. The molecule has 0 aliphatic heterocycles. The normalized spacial score (nSPS) is 10.8. The fourth-order valence-corrected chi connectivity index (χ4v) is 4.81. The summed E-state index contributed by atoms with van der Waals surface area (Å²) in [5, 5.41) is 10.2. The van der Waals surface area contributed by atoms with E-state index in [0.29, 0.717) is 29.4 Å². The van der Waals surface area contributed by atoms with Crippen molar-refractivity contribution in [1.82, 2.24) is 4.90 Å². The highest BCUT2D eigenvalue weighted by Crippen LogP contribution is 2.27. The van der Waals surface area contributed by atoms with Crippen molar-refractivity contribution < 1.29 is 19.1 Å². The second-order valence-electron chi connectivity index (χ2n) is 9.53. The first-order valence-corrected chi connectivity index (χ1v) is 13.5. The molecule has 6 heteroatoms. The van der Waals surface area contributed by atoms with E-state index in [4.69, 9.17) is 16.0 Å². The Bertz CT molecular complexity index is 1590. The molecule has 0 radical (unpaired) electrons. The molecule has 1 heterocycles. The van der Waals surface area contributed by atoms with Gasteiger partial charge in [-0.3, -0.25) is 4.79 Å². The van der Waals surface area contributed by atoms with Gasteiger partial charge in [-0.05, 0) is 77.6 Å². The molecule has 0 aliphatic carbocycles. The van der Waals surface area contributed by atoms with Crippen LogP contribution in [0.3, 0.4) is 0 Å². The van der Waals surface area contributed by atoms with Crippen LogP contribution in [-0.2, 0) is 13.0 Å². The van der Waals surface area contributed by atoms with Crippen molar-refractivity contribution in [2.75, 3.05) is 6.54 Å². The Hall–Kier alpha value is -4.61. The minimum Gasteiger partial charge on any atom is -0.478 e. The maximum Gasteiger partial charge on any atom is 0.336 e. The fraction of sp³-hybridized carbons (Fsp3) is 0.118. The number of nitrogens with zero attached hydrogens (tertiary/aromatic N) is 1. The second-order valence-corrected chi connectivity index (χ2v) is 9.97.